The summed E-state index contributed by atoms with van der Waals surface area (Å²) in [4.78, 5) is 10.6. The van der Waals surface area contributed by atoms with Crippen LogP contribution >= 0.6 is 0 Å². The number of carboxylic acid groups (broad SMARTS) is 1. The Labute approximate surface area is 118 Å². The van der Waals surface area contributed by atoms with Crippen molar-refractivity contribution in [3.8, 4) is 5.75 Å². The van der Waals surface area contributed by atoms with Crippen molar-refractivity contribution in [3.05, 3.63) is 48.2 Å². The minimum Gasteiger partial charge on any atom is -0.494 e. The van der Waals surface area contributed by atoms with E-state index in [4.69, 9.17) is 14.3 Å². The van der Waals surface area contributed by atoms with Crippen molar-refractivity contribution in [2.45, 2.75) is 11.5 Å². The molecule has 6 heteroatoms. The molecule has 5 nitrogen and oxygen atoms in total. The highest BCUT2D eigenvalue weighted by Crippen LogP contribution is 2.13. The van der Waals surface area contributed by atoms with E-state index >= 15 is 0 Å². The van der Waals surface area contributed by atoms with Crippen molar-refractivity contribution in [2.24, 2.45) is 0 Å². The average molecular weight is 294 g/mol. The van der Waals surface area contributed by atoms with Gasteiger partial charge in [0.2, 0.25) is 5.76 Å². The van der Waals surface area contributed by atoms with Gasteiger partial charge >= 0.3 is 5.97 Å². The van der Waals surface area contributed by atoms with E-state index in [1.54, 1.807) is 0 Å². The van der Waals surface area contributed by atoms with Gasteiger partial charge in [0.15, 0.2) is 5.09 Å². The van der Waals surface area contributed by atoms with Crippen LogP contribution in [0.5, 0.6) is 5.75 Å². The summed E-state index contributed by atoms with van der Waals surface area (Å²) in [5, 5.41) is 8.89. The zero-order valence-electron chi connectivity index (χ0n) is 10.7. The van der Waals surface area contributed by atoms with Gasteiger partial charge in [0.05, 0.1) is 17.4 Å². The second-order valence-corrected chi connectivity index (χ2v) is 5.49. The standard InChI is InChI=1S/C14H14O5S/c15-14(16)12-7-8-13(19-12)20(17)10-4-9-18-11-5-2-1-3-6-11/h1-3,5-8H,4,9-10H2,(H,15,16). The van der Waals surface area contributed by atoms with Crippen molar-refractivity contribution < 1.29 is 23.3 Å². The Bertz CT molecular complexity index is 591. The van der Waals surface area contributed by atoms with Crippen molar-refractivity contribution in [3.63, 3.8) is 0 Å². The highest BCUT2D eigenvalue weighted by atomic mass is 32.2. The first-order valence-corrected chi connectivity index (χ1v) is 7.38. The third kappa shape index (κ3) is 3.96. The van der Waals surface area contributed by atoms with Crippen LogP contribution in [-0.2, 0) is 10.8 Å². The second kappa shape index (κ2) is 6.91. The Morgan fingerprint density at radius 3 is 2.60 bits per heavy atom. The van der Waals surface area contributed by atoms with Crippen molar-refractivity contribution in [1.82, 2.24) is 0 Å². The zero-order valence-corrected chi connectivity index (χ0v) is 11.5. The molecule has 2 rings (SSSR count). The summed E-state index contributed by atoms with van der Waals surface area (Å²) in [6, 6.07) is 12.1. The third-order valence-corrected chi connectivity index (χ3v) is 3.83. The molecule has 0 fully saturated rings. The molecule has 0 aliphatic carbocycles. The third-order valence-electron chi connectivity index (χ3n) is 2.50. The van der Waals surface area contributed by atoms with Crippen LogP contribution in [0.3, 0.4) is 0 Å². The monoisotopic (exact) mass is 294 g/mol. The molecule has 0 spiro atoms. The van der Waals surface area contributed by atoms with Crippen LogP contribution in [0.2, 0.25) is 0 Å². The molecule has 0 aliphatic rings. The normalized spacial score (nSPS) is 12.0. The number of rotatable bonds is 7. The molecule has 106 valence electrons. The Hall–Kier alpha value is -2.08. The van der Waals surface area contributed by atoms with Gasteiger partial charge in [-0.15, -0.1) is 0 Å². The molecule has 1 heterocycles. The van der Waals surface area contributed by atoms with E-state index in [1.807, 2.05) is 30.3 Å². The predicted octanol–water partition coefficient (Wildman–Crippen LogP) is 2.55. The summed E-state index contributed by atoms with van der Waals surface area (Å²) in [7, 11) is -1.35. The van der Waals surface area contributed by atoms with Crippen LogP contribution in [-0.4, -0.2) is 27.6 Å². The lowest BCUT2D eigenvalue weighted by molar-refractivity contribution is 0.0656. The van der Waals surface area contributed by atoms with Crippen LogP contribution in [0, 0.1) is 0 Å². The maximum Gasteiger partial charge on any atom is 0.371 e. The predicted molar refractivity (Wildman–Crippen MR) is 73.5 cm³/mol. The van der Waals surface area contributed by atoms with Crippen molar-refractivity contribution in [1.29, 1.82) is 0 Å². The Morgan fingerprint density at radius 1 is 1.20 bits per heavy atom. The minimum atomic E-state index is -1.35. The Balaban J connectivity index is 1.76. The quantitative estimate of drug-likeness (QED) is 0.794. The Kier molecular flexibility index (Phi) is 4.95. The highest BCUT2D eigenvalue weighted by molar-refractivity contribution is 7.84. The smallest absolute Gasteiger partial charge is 0.371 e. The molecule has 1 aromatic carbocycles. The molecule has 0 amide bonds. The first kappa shape index (κ1) is 14.3. The molecule has 0 radical (unpaired) electrons. The van der Waals surface area contributed by atoms with E-state index in [1.165, 1.54) is 12.1 Å². The van der Waals surface area contributed by atoms with E-state index in [9.17, 15) is 9.00 Å². The topological polar surface area (TPSA) is 76.7 Å². The lowest BCUT2D eigenvalue weighted by atomic mass is 10.3. The van der Waals surface area contributed by atoms with Gasteiger partial charge in [-0.05, 0) is 30.7 Å². The van der Waals surface area contributed by atoms with Crippen LogP contribution in [0.4, 0.5) is 0 Å². The number of benzene rings is 1. The van der Waals surface area contributed by atoms with Crippen LogP contribution < -0.4 is 4.74 Å². The fraction of sp³-hybridized carbons (Fsp3) is 0.214. The van der Waals surface area contributed by atoms with E-state index in [2.05, 4.69) is 0 Å². The molecular weight excluding hydrogens is 280 g/mol. The molecule has 1 aromatic heterocycles. The summed E-state index contributed by atoms with van der Waals surface area (Å²) in [6.07, 6.45) is 0.588. The maximum absolute atomic E-state index is 11.9. The van der Waals surface area contributed by atoms with Gasteiger partial charge in [0.1, 0.15) is 5.75 Å². The molecule has 0 bridgehead atoms. The summed E-state index contributed by atoms with van der Waals surface area (Å²) < 4.78 is 22.3. The van der Waals surface area contributed by atoms with E-state index in [0.717, 1.165) is 5.75 Å². The first-order valence-electron chi connectivity index (χ1n) is 6.06. The van der Waals surface area contributed by atoms with Crippen molar-refractivity contribution >= 4 is 16.8 Å². The molecule has 1 unspecified atom stereocenters. The lowest BCUT2D eigenvalue weighted by Crippen LogP contribution is -2.04. The summed E-state index contributed by atoms with van der Waals surface area (Å²) >= 11 is 0. The van der Waals surface area contributed by atoms with Gasteiger partial charge in [0, 0.05) is 5.75 Å². The largest absolute Gasteiger partial charge is 0.494 e. The number of carboxylic acids is 1. The highest BCUT2D eigenvalue weighted by Gasteiger charge is 2.13. The Morgan fingerprint density at radius 2 is 1.95 bits per heavy atom. The fourth-order valence-electron chi connectivity index (χ4n) is 1.55. The van der Waals surface area contributed by atoms with Gasteiger partial charge in [0.25, 0.3) is 0 Å². The molecule has 0 saturated heterocycles. The number of ether oxygens (including phenoxy) is 1. The minimum absolute atomic E-state index is 0.183. The van der Waals surface area contributed by atoms with Gasteiger partial charge in [-0.1, -0.05) is 18.2 Å². The maximum atomic E-state index is 11.9. The van der Waals surface area contributed by atoms with Crippen LogP contribution in [0.25, 0.3) is 0 Å². The average Bonchev–Trinajstić information content (AvgIpc) is 2.94. The van der Waals surface area contributed by atoms with Gasteiger partial charge in [-0.2, -0.15) is 0 Å². The molecule has 20 heavy (non-hydrogen) atoms. The lowest BCUT2D eigenvalue weighted by Gasteiger charge is -2.04. The molecule has 0 aliphatic heterocycles. The second-order valence-electron chi connectivity index (χ2n) is 3.99. The zero-order chi connectivity index (χ0) is 14.4. The SMILES string of the molecule is O=C(O)c1ccc(S(=O)CCCOc2ccccc2)o1. The van der Waals surface area contributed by atoms with E-state index in [0.29, 0.717) is 18.8 Å². The fourth-order valence-corrected chi connectivity index (χ4v) is 2.54. The molecule has 1 N–H and O–H groups in total. The summed E-state index contributed by atoms with van der Waals surface area (Å²) in [5.74, 6) is -0.238. The van der Waals surface area contributed by atoms with Crippen LogP contribution in [0.1, 0.15) is 17.0 Å². The summed E-state index contributed by atoms with van der Waals surface area (Å²) in [5.41, 5.74) is 0. The van der Waals surface area contributed by atoms with Crippen molar-refractivity contribution in [2.75, 3.05) is 12.4 Å². The number of hydrogen-bond donors (Lipinski definition) is 1. The van der Waals surface area contributed by atoms with E-state index in [-0.39, 0.29) is 10.9 Å². The molecule has 0 saturated carbocycles. The first-order chi connectivity index (χ1) is 9.66. The number of furan rings is 1. The number of para-hydroxylation sites is 1. The number of hydrogen-bond acceptors (Lipinski definition) is 4. The van der Waals surface area contributed by atoms with Crippen LogP contribution in [0.15, 0.2) is 52.0 Å². The molecule has 2 aromatic rings. The summed E-state index contributed by atoms with van der Waals surface area (Å²) in [6.45, 7) is 0.447. The van der Waals surface area contributed by atoms with Gasteiger partial charge in [-0.25, -0.2) is 4.79 Å². The van der Waals surface area contributed by atoms with Gasteiger partial charge in [-0.3, -0.25) is 4.21 Å². The molecular formula is C14H14O5S. The van der Waals surface area contributed by atoms with Gasteiger partial charge < -0.3 is 14.3 Å². The molecule has 1 atom stereocenters. The van der Waals surface area contributed by atoms with E-state index < -0.39 is 16.8 Å². The number of aromatic carboxylic acids is 1. The number of carbonyl (C=O) groups is 1.